The van der Waals surface area contributed by atoms with Crippen molar-refractivity contribution in [3.05, 3.63) is 52.0 Å². The summed E-state index contributed by atoms with van der Waals surface area (Å²) >= 11 is 12.3. The van der Waals surface area contributed by atoms with Crippen molar-refractivity contribution in [1.82, 2.24) is 19.4 Å². The van der Waals surface area contributed by atoms with Gasteiger partial charge >= 0.3 is 0 Å². The minimum absolute atomic E-state index is 0.163. The highest BCUT2D eigenvalue weighted by atomic mass is 35.5. The van der Waals surface area contributed by atoms with E-state index in [1.54, 1.807) is 12.3 Å². The lowest BCUT2D eigenvalue weighted by molar-refractivity contribution is -0.136. The molecular formula is C21H28Cl2N4O. The number of likely N-dealkylation sites (N-methyl/N-ethyl adjacent to an activating group) is 1. The van der Waals surface area contributed by atoms with E-state index in [1.165, 1.54) is 0 Å². The van der Waals surface area contributed by atoms with E-state index in [1.807, 2.05) is 37.3 Å². The fourth-order valence-corrected chi connectivity index (χ4v) is 4.13. The SMILES string of the molecule is CN(C)CCN(Cc1nccn1Cc1ccc(Cl)cc1Cl)C(=O)C1CCCC1. The quantitative estimate of drug-likeness (QED) is 0.635. The van der Waals surface area contributed by atoms with E-state index in [2.05, 4.69) is 14.5 Å². The maximum Gasteiger partial charge on any atom is 0.226 e. The van der Waals surface area contributed by atoms with Gasteiger partial charge < -0.3 is 14.4 Å². The topological polar surface area (TPSA) is 41.4 Å². The Balaban J connectivity index is 1.75. The van der Waals surface area contributed by atoms with Gasteiger partial charge in [0.25, 0.3) is 0 Å². The fourth-order valence-electron chi connectivity index (χ4n) is 3.66. The average Bonchev–Trinajstić information content (AvgIpc) is 3.32. The van der Waals surface area contributed by atoms with Crippen molar-refractivity contribution in [2.24, 2.45) is 5.92 Å². The summed E-state index contributed by atoms with van der Waals surface area (Å²) in [6.07, 6.45) is 8.04. The molecule has 0 N–H and O–H groups in total. The van der Waals surface area contributed by atoms with Crippen LogP contribution < -0.4 is 0 Å². The monoisotopic (exact) mass is 422 g/mol. The van der Waals surface area contributed by atoms with Gasteiger partial charge in [0.2, 0.25) is 5.91 Å². The van der Waals surface area contributed by atoms with E-state index in [9.17, 15) is 4.79 Å². The van der Waals surface area contributed by atoms with Gasteiger partial charge in [-0.25, -0.2) is 4.98 Å². The van der Waals surface area contributed by atoms with Crippen molar-refractivity contribution in [3.63, 3.8) is 0 Å². The summed E-state index contributed by atoms with van der Waals surface area (Å²) in [4.78, 5) is 21.7. The minimum atomic E-state index is 0.163. The molecule has 7 heteroatoms. The molecule has 0 radical (unpaired) electrons. The highest BCUT2D eigenvalue weighted by molar-refractivity contribution is 6.35. The largest absolute Gasteiger partial charge is 0.334 e. The smallest absolute Gasteiger partial charge is 0.226 e. The number of carbonyl (C=O) groups is 1. The number of halogens is 2. The van der Waals surface area contributed by atoms with E-state index in [0.717, 1.165) is 43.6 Å². The number of imidazole rings is 1. The predicted molar refractivity (Wildman–Crippen MR) is 114 cm³/mol. The third-order valence-electron chi connectivity index (χ3n) is 5.32. The van der Waals surface area contributed by atoms with Crippen LogP contribution in [0.1, 0.15) is 37.1 Å². The maximum absolute atomic E-state index is 13.1. The molecule has 5 nitrogen and oxygen atoms in total. The number of hydrogen-bond donors (Lipinski definition) is 0. The molecule has 1 heterocycles. The van der Waals surface area contributed by atoms with Gasteiger partial charge in [-0.2, -0.15) is 0 Å². The first-order chi connectivity index (χ1) is 13.4. The lowest BCUT2D eigenvalue weighted by atomic mass is 10.1. The normalized spacial score (nSPS) is 14.8. The molecule has 1 aliphatic carbocycles. The second-order valence-corrected chi connectivity index (χ2v) is 8.60. The van der Waals surface area contributed by atoms with E-state index < -0.39 is 0 Å². The first kappa shape index (κ1) is 21.2. The summed E-state index contributed by atoms with van der Waals surface area (Å²) in [5.41, 5.74) is 0.979. The predicted octanol–water partition coefficient (Wildman–Crippen LogP) is 4.32. The summed E-state index contributed by atoms with van der Waals surface area (Å²) in [5, 5.41) is 1.26. The van der Waals surface area contributed by atoms with Crippen LogP contribution in [0.25, 0.3) is 0 Å². The lowest BCUT2D eigenvalue weighted by Crippen LogP contribution is -2.39. The summed E-state index contributed by atoms with van der Waals surface area (Å²) in [6, 6.07) is 5.52. The maximum atomic E-state index is 13.1. The number of nitrogens with zero attached hydrogens (tertiary/aromatic N) is 4. The number of amides is 1. The third kappa shape index (κ3) is 5.49. The number of aromatic nitrogens is 2. The van der Waals surface area contributed by atoms with Gasteiger partial charge in [-0.3, -0.25) is 4.79 Å². The Morgan fingerprint density at radius 1 is 1.21 bits per heavy atom. The molecule has 0 aliphatic heterocycles. The Hall–Kier alpha value is -1.56. The Labute approximate surface area is 177 Å². The Morgan fingerprint density at radius 3 is 2.64 bits per heavy atom. The molecule has 1 amide bonds. The molecular weight excluding hydrogens is 395 g/mol. The van der Waals surface area contributed by atoms with Crippen molar-refractivity contribution in [1.29, 1.82) is 0 Å². The van der Waals surface area contributed by atoms with Crippen molar-refractivity contribution >= 4 is 29.1 Å². The van der Waals surface area contributed by atoms with E-state index in [0.29, 0.717) is 29.7 Å². The third-order valence-corrected chi connectivity index (χ3v) is 5.91. The summed E-state index contributed by atoms with van der Waals surface area (Å²) in [7, 11) is 4.06. The van der Waals surface area contributed by atoms with Crippen molar-refractivity contribution in [3.8, 4) is 0 Å². The lowest BCUT2D eigenvalue weighted by Gasteiger charge is -2.27. The molecule has 0 saturated heterocycles. The van der Waals surface area contributed by atoms with Gasteiger partial charge in [0.1, 0.15) is 5.82 Å². The molecule has 1 saturated carbocycles. The molecule has 0 bridgehead atoms. The first-order valence-electron chi connectivity index (χ1n) is 9.81. The van der Waals surface area contributed by atoms with Crippen LogP contribution in [0.5, 0.6) is 0 Å². The molecule has 2 aromatic rings. The van der Waals surface area contributed by atoms with Gasteiger partial charge in [-0.05, 0) is 44.6 Å². The molecule has 0 unspecified atom stereocenters. The number of hydrogen-bond acceptors (Lipinski definition) is 3. The second kappa shape index (κ2) is 9.77. The number of carbonyl (C=O) groups excluding carboxylic acids is 1. The zero-order valence-electron chi connectivity index (χ0n) is 16.6. The zero-order valence-corrected chi connectivity index (χ0v) is 18.1. The molecule has 1 fully saturated rings. The number of rotatable bonds is 8. The van der Waals surface area contributed by atoms with E-state index in [-0.39, 0.29) is 11.8 Å². The molecule has 1 aromatic heterocycles. The van der Waals surface area contributed by atoms with Gasteiger partial charge in [0.05, 0.1) is 13.1 Å². The molecule has 152 valence electrons. The van der Waals surface area contributed by atoms with Gasteiger partial charge in [0.15, 0.2) is 0 Å². The zero-order chi connectivity index (χ0) is 20.1. The van der Waals surface area contributed by atoms with E-state index >= 15 is 0 Å². The van der Waals surface area contributed by atoms with Crippen LogP contribution in [-0.2, 0) is 17.9 Å². The van der Waals surface area contributed by atoms with Crippen LogP contribution in [0, 0.1) is 5.92 Å². The minimum Gasteiger partial charge on any atom is -0.334 e. The van der Waals surface area contributed by atoms with Crippen LogP contribution in [0.4, 0.5) is 0 Å². The van der Waals surface area contributed by atoms with Gasteiger partial charge in [-0.15, -0.1) is 0 Å². The molecule has 0 spiro atoms. The van der Waals surface area contributed by atoms with Crippen molar-refractivity contribution < 1.29 is 4.79 Å². The molecule has 1 aliphatic rings. The van der Waals surface area contributed by atoms with Gasteiger partial charge in [0, 0.05) is 41.4 Å². The molecule has 28 heavy (non-hydrogen) atoms. The van der Waals surface area contributed by atoms with Crippen LogP contribution >= 0.6 is 23.2 Å². The van der Waals surface area contributed by atoms with Crippen LogP contribution in [0.3, 0.4) is 0 Å². The molecule has 3 rings (SSSR count). The average molecular weight is 423 g/mol. The van der Waals surface area contributed by atoms with Crippen molar-refractivity contribution in [2.45, 2.75) is 38.8 Å². The van der Waals surface area contributed by atoms with Crippen LogP contribution in [0.2, 0.25) is 10.0 Å². The standard InChI is InChI=1S/C21H28Cl2N4O/c1-25(2)11-12-27(21(28)16-5-3-4-6-16)15-20-24-9-10-26(20)14-17-7-8-18(22)13-19(17)23/h7-10,13,16H,3-6,11-12,14-15H2,1-2H3. The number of benzene rings is 1. The van der Waals surface area contributed by atoms with Crippen LogP contribution in [0.15, 0.2) is 30.6 Å². The highest BCUT2D eigenvalue weighted by Gasteiger charge is 2.28. The summed E-state index contributed by atoms with van der Waals surface area (Å²) in [6.45, 7) is 2.66. The molecule has 1 aromatic carbocycles. The first-order valence-corrected chi connectivity index (χ1v) is 10.6. The van der Waals surface area contributed by atoms with Gasteiger partial charge in [-0.1, -0.05) is 42.1 Å². The Bertz CT molecular complexity index is 799. The summed E-state index contributed by atoms with van der Waals surface area (Å²) in [5.74, 6) is 1.30. The van der Waals surface area contributed by atoms with Crippen LogP contribution in [-0.4, -0.2) is 52.4 Å². The Kier molecular flexibility index (Phi) is 7.38. The summed E-state index contributed by atoms with van der Waals surface area (Å²) < 4.78 is 2.06. The second-order valence-electron chi connectivity index (χ2n) is 7.75. The Morgan fingerprint density at radius 2 is 1.96 bits per heavy atom. The highest BCUT2D eigenvalue weighted by Crippen LogP contribution is 2.27. The fraction of sp³-hybridized carbons (Fsp3) is 0.524. The molecule has 0 atom stereocenters. The van der Waals surface area contributed by atoms with Crippen molar-refractivity contribution in [2.75, 3.05) is 27.2 Å². The van der Waals surface area contributed by atoms with E-state index in [4.69, 9.17) is 23.2 Å².